The molecule has 0 heterocycles. The maximum Gasteiger partial charge on any atom is 0.416 e. The summed E-state index contributed by atoms with van der Waals surface area (Å²) in [6.45, 7) is 0.145. The van der Waals surface area contributed by atoms with Crippen LogP contribution in [0.5, 0.6) is 0 Å². The summed E-state index contributed by atoms with van der Waals surface area (Å²) in [5.41, 5.74) is -0.237. The van der Waals surface area contributed by atoms with Gasteiger partial charge in [0.2, 0.25) is 0 Å². The fourth-order valence-corrected chi connectivity index (χ4v) is 1.24. The summed E-state index contributed by atoms with van der Waals surface area (Å²) in [4.78, 5) is 10.8. The van der Waals surface area contributed by atoms with Gasteiger partial charge in [-0.1, -0.05) is 18.2 Å². The van der Waals surface area contributed by atoms with Crippen molar-refractivity contribution in [1.29, 1.82) is 0 Å². The number of methoxy groups -OCH3 is 1. The minimum absolute atomic E-state index is 0.0350. The standard InChI is InChI=1S/C11H12F3NO2/c1-17-10(16)7-15-6-8-3-2-4-9(5-8)11(12,13)14/h2-5,15H,6-7H2,1H3. The first-order valence-corrected chi connectivity index (χ1v) is 4.87. The van der Waals surface area contributed by atoms with Gasteiger partial charge in [-0.3, -0.25) is 4.79 Å². The quantitative estimate of drug-likeness (QED) is 0.827. The molecular weight excluding hydrogens is 235 g/mol. The van der Waals surface area contributed by atoms with Gasteiger partial charge in [0.25, 0.3) is 0 Å². The van der Waals surface area contributed by atoms with E-state index >= 15 is 0 Å². The lowest BCUT2D eigenvalue weighted by molar-refractivity contribution is -0.140. The Morgan fingerprint density at radius 3 is 2.71 bits per heavy atom. The number of carbonyl (C=O) groups excluding carboxylic acids is 1. The van der Waals surface area contributed by atoms with Crippen molar-refractivity contribution in [3.05, 3.63) is 35.4 Å². The predicted octanol–water partition coefficient (Wildman–Crippen LogP) is 1.97. The lowest BCUT2D eigenvalue weighted by Gasteiger charge is -2.09. The van der Waals surface area contributed by atoms with Crippen molar-refractivity contribution in [2.75, 3.05) is 13.7 Å². The molecule has 1 N–H and O–H groups in total. The number of ether oxygens (including phenoxy) is 1. The molecule has 0 saturated heterocycles. The Hall–Kier alpha value is -1.56. The Kier molecular flexibility index (Phi) is 4.51. The maximum atomic E-state index is 12.4. The van der Waals surface area contributed by atoms with Crippen LogP contribution in [0.25, 0.3) is 0 Å². The van der Waals surface area contributed by atoms with Gasteiger partial charge in [-0.25, -0.2) is 0 Å². The van der Waals surface area contributed by atoms with Crippen molar-refractivity contribution in [2.24, 2.45) is 0 Å². The molecule has 1 aromatic rings. The number of alkyl halides is 3. The third-order valence-corrected chi connectivity index (χ3v) is 2.08. The SMILES string of the molecule is COC(=O)CNCc1cccc(C(F)(F)F)c1. The van der Waals surface area contributed by atoms with Gasteiger partial charge in [-0.05, 0) is 11.6 Å². The fourth-order valence-electron chi connectivity index (χ4n) is 1.24. The zero-order valence-electron chi connectivity index (χ0n) is 9.17. The zero-order valence-corrected chi connectivity index (χ0v) is 9.17. The third-order valence-electron chi connectivity index (χ3n) is 2.08. The van der Waals surface area contributed by atoms with E-state index in [1.807, 2.05) is 0 Å². The smallest absolute Gasteiger partial charge is 0.416 e. The molecule has 0 amide bonds. The van der Waals surface area contributed by atoms with Crippen LogP contribution in [0.3, 0.4) is 0 Å². The second kappa shape index (κ2) is 5.67. The van der Waals surface area contributed by atoms with Gasteiger partial charge < -0.3 is 10.1 Å². The molecule has 0 atom stereocenters. The number of rotatable bonds is 4. The summed E-state index contributed by atoms with van der Waals surface area (Å²) >= 11 is 0. The van der Waals surface area contributed by atoms with Crippen molar-refractivity contribution in [3.63, 3.8) is 0 Å². The molecular formula is C11H12F3NO2. The molecule has 0 aromatic heterocycles. The fraction of sp³-hybridized carbons (Fsp3) is 0.364. The molecule has 0 bridgehead atoms. The normalized spacial score (nSPS) is 11.3. The van der Waals surface area contributed by atoms with Crippen molar-refractivity contribution in [1.82, 2.24) is 5.32 Å². The topological polar surface area (TPSA) is 38.3 Å². The van der Waals surface area contributed by atoms with Crippen LogP contribution in [-0.2, 0) is 22.3 Å². The van der Waals surface area contributed by atoms with Gasteiger partial charge in [0.1, 0.15) is 0 Å². The van der Waals surface area contributed by atoms with Gasteiger partial charge >= 0.3 is 12.1 Å². The van der Waals surface area contributed by atoms with Gasteiger partial charge in [0.05, 0.1) is 19.2 Å². The van der Waals surface area contributed by atoms with E-state index in [2.05, 4.69) is 10.1 Å². The van der Waals surface area contributed by atoms with Crippen LogP contribution < -0.4 is 5.32 Å². The van der Waals surface area contributed by atoms with E-state index in [9.17, 15) is 18.0 Å². The third kappa shape index (κ3) is 4.44. The summed E-state index contributed by atoms with van der Waals surface area (Å²) in [6, 6.07) is 4.94. The van der Waals surface area contributed by atoms with Crippen molar-refractivity contribution in [2.45, 2.75) is 12.7 Å². The highest BCUT2D eigenvalue weighted by Gasteiger charge is 2.30. The van der Waals surface area contributed by atoms with E-state index < -0.39 is 17.7 Å². The Morgan fingerprint density at radius 2 is 2.12 bits per heavy atom. The molecule has 0 radical (unpaired) electrons. The molecule has 3 nitrogen and oxygen atoms in total. The van der Waals surface area contributed by atoms with Gasteiger partial charge in [-0.15, -0.1) is 0 Å². The second-order valence-electron chi connectivity index (χ2n) is 3.38. The highest BCUT2D eigenvalue weighted by atomic mass is 19.4. The van der Waals surface area contributed by atoms with Crippen LogP contribution in [0.15, 0.2) is 24.3 Å². The Balaban J connectivity index is 2.58. The van der Waals surface area contributed by atoms with Crippen LogP contribution in [0.1, 0.15) is 11.1 Å². The maximum absolute atomic E-state index is 12.4. The molecule has 0 saturated carbocycles. The molecule has 94 valence electrons. The van der Waals surface area contributed by atoms with Crippen LogP contribution in [0.2, 0.25) is 0 Å². The number of hydrogen-bond donors (Lipinski definition) is 1. The van der Waals surface area contributed by atoms with E-state index in [1.165, 1.54) is 13.2 Å². The molecule has 17 heavy (non-hydrogen) atoms. The Bertz CT molecular complexity index is 391. The Morgan fingerprint density at radius 1 is 1.41 bits per heavy atom. The average molecular weight is 247 g/mol. The lowest BCUT2D eigenvalue weighted by Crippen LogP contribution is -2.23. The summed E-state index contributed by atoms with van der Waals surface area (Å²) in [5, 5.41) is 2.69. The number of carbonyl (C=O) groups is 1. The number of esters is 1. The lowest BCUT2D eigenvalue weighted by atomic mass is 10.1. The monoisotopic (exact) mass is 247 g/mol. The summed E-state index contributed by atoms with van der Waals surface area (Å²) in [5.74, 6) is -0.461. The molecule has 1 aromatic carbocycles. The number of hydrogen-bond acceptors (Lipinski definition) is 3. The minimum atomic E-state index is -4.35. The van der Waals surface area contributed by atoms with Crippen molar-refractivity contribution < 1.29 is 22.7 Å². The number of halogens is 3. The highest BCUT2D eigenvalue weighted by Crippen LogP contribution is 2.29. The molecule has 0 aliphatic carbocycles. The average Bonchev–Trinajstić information content (AvgIpc) is 2.28. The number of nitrogens with one attached hydrogen (secondary N) is 1. The van der Waals surface area contributed by atoms with E-state index in [1.54, 1.807) is 6.07 Å². The summed E-state index contributed by atoms with van der Waals surface area (Å²) in [7, 11) is 1.24. The van der Waals surface area contributed by atoms with Crippen molar-refractivity contribution >= 4 is 5.97 Å². The molecule has 0 fully saturated rings. The molecule has 0 aliphatic rings. The second-order valence-corrected chi connectivity index (χ2v) is 3.38. The van der Waals surface area contributed by atoms with Gasteiger partial charge in [0, 0.05) is 6.54 Å². The molecule has 0 unspecified atom stereocenters. The van der Waals surface area contributed by atoms with E-state index in [0.29, 0.717) is 5.56 Å². The van der Waals surface area contributed by atoms with Crippen LogP contribution in [0.4, 0.5) is 13.2 Å². The van der Waals surface area contributed by atoms with Gasteiger partial charge in [-0.2, -0.15) is 13.2 Å². The van der Waals surface area contributed by atoms with E-state index in [-0.39, 0.29) is 13.1 Å². The Labute approximate surface area is 96.6 Å². The largest absolute Gasteiger partial charge is 0.468 e. The first kappa shape index (κ1) is 13.5. The molecule has 0 aliphatic heterocycles. The summed E-state index contributed by atoms with van der Waals surface area (Å²) < 4.78 is 41.5. The van der Waals surface area contributed by atoms with Crippen LogP contribution >= 0.6 is 0 Å². The first-order chi connectivity index (χ1) is 7.93. The molecule has 6 heteroatoms. The predicted molar refractivity (Wildman–Crippen MR) is 55.2 cm³/mol. The summed E-state index contributed by atoms with van der Waals surface area (Å²) in [6.07, 6.45) is -4.35. The van der Waals surface area contributed by atoms with Crippen LogP contribution in [-0.4, -0.2) is 19.6 Å². The first-order valence-electron chi connectivity index (χ1n) is 4.87. The van der Waals surface area contributed by atoms with Crippen LogP contribution in [0, 0.1) is 0 Å². The van der Waals surface area contributed by atoms with E-state index in [4.69, 9.17) is 0 Å². The minimum Gasteiger partial charge on any atom is -0.468 e. The highest BCUT2D eigenvalue weighted by molar-refractivity contribution is 5.71. The molecule has 1 rings (SSSR count). The van der Waals surface area contributed by atoms with Crippen molar-refractivity contribution in [3.8, 4) is 0 Å². The number of benzene rings is 1. The van der Waals surface area contributed by atoms with Gasteiger partial charge in [0.15, 0.2) is 0 Å². The van der Waals surface area contributed by atoms with E-state index in [0.717, 1.165) is 12.1 Å². The molecule has 0 spiro atoms. The zero-order chi connectivity index (χ0) is 12.9.